The van der Waals surface area contributed by atoms with Crippen LogP contribution < -0.4 is 16.3 Å². The molecule has 0 saturated carbocycles. The molecule has 72 valence electrons. The highest BCUT2D eigenvalue weighted by molar-refractivity contribution is 5.44. The van der Waals surface area contributed by atoms with Gasteiger partial charge >= 0.3 is 5.63 Å². The predicted octanol–water partition coefficient (Wildman–Crippen LogP) is 0.952. The van der Waals surface area contributed by atoms with E-state index >= 15 is 0 Å². The molecule has 0 saturated heterocycles. The molecule has 2 nitrogen and oxygen atoms in total. The Balaban J connectivity index is 0.000000461. The SMILES string of the molecule is CC.O=c1ccc2c(o1)=CC=C=CC=2. The van der Waals surface area contributed by atoms with Crippen molar-refractivity contribution in [3.8, 4) is 0 Å². The zero-order valence-electron chi connectivity index (χ0n) is 8.28. The summed E-state index contributed by atoms with van der Waals surface area (Å²) in [6.07, 6.45) is 7.06. The molecule has 1 aromatic rings. The first-order chi connectivity index (χ1) is 6.86. The van der Waals surface area contributed by atoms with Crippen LogP contribution in [0.3, 0.4) is 0 Å². The van der Waals surface area contributed by atoms with E-state index in [4.69, 9.17) is 4.42 Å². The largest absolute Gasteiger partial charge is 0.423 e. The summed E-state index contributed by atoms with van der Waals surface area (Å²) in [5.41, 5.74) is 3.15. The van der Waals surface area contributed by atoms with E-state index in [1.54, 1.807) is 24.3 Å². The van der Waals surface area contributed by atoms with Gasteiger partial charge in [-0.05, 0) is 30.4 Å². The van der Waals surface area contributed by atoms with Gasteiger partial charge in [-0.25, -0.2) is 4.79 Å². The molecule has 0 radical (unpaired) electrons. The molecule has 0 amide bonds. The van der Waals surface area contributed by atoms with E-state index < -0.39 is 0 Å². The van der Waals surface area contributed by atoms with Crippen LogP contribution in [0.1, 0.15) is 13.8 Å². The van der Waals surface area contributed by atoms with Crippen molar-refractivity contribution in [2.24, 2.45) is 0 Å². The van der Waals surface area contributed by atoms with E-state index in [1.807, 2.05) is 19.9 Å². The lowest BCUT2D eigenvalue weighted by Gasteiger charge is -1.84. The van der Waals surface area contributed by atoms with Crippen LogP contribution in [0.2, 0.25) is 0 Å². The fourth-order valence-corrected chi connectivity index (χ4v) is 1.03. The molecule has 0 N–H and O–H groups in total. The van der Waals surface area contributed by atoms with Crippen LogP contribution in [0.25, 0.3) is 12.2 Å². The third kappa shape index (κ3) is 2.35. The average molecular weight is 188 g/mol. The van der Waals surface area contributed by atoms with E-state index in [-0.39, 0.29) is 5.63 Å². The Bertz CT molecular complexity index is 526. The first kappa shape index (κ1) is 10.3. The van der Waals surface area contributed by atoms with Crippen molar-refractivity contribution in [2.45, 2.75) is 13.8 Å². The normalized spacial score (nSPS) is 11.3. The van der Waals surface area contributed by atoms with Crippen LogP contribution in [0.15, 0.2) is 39.2 Å². The van der Waals surface area contributed by atoms with Gasteiger partial charge in [0.15, 0.2) is 0 Å². The lowest BCUT2D eigenvalue weighted by atomic mass is 10.3. The van der Waals surface area contributed by atoms with Crippen LogP contribution >= 0.6 is 0 Å². The van der Waals surface area contributed by atoms with Crippen molar-refractivity contribution in [1.29, 1.82) is 0 Å². The summed E-state index contributed by atoms with van der Waals surface area (Å²) in [6, 6.07) is 3.14. The summed E-state index contributed by atoms with van der Waals surface area (Å²) in [6.45, 7) is 4.00. The van der Waals surface area contributed by atoms with Crippen molar-refractivity contribution < 1.29 is 4.42 Å². The second-order valence-electron chi connectivity index (χ2n) is 2.41. The molecular weight excluding hydrogens is 176 g/mol. The summed E-state index contributed by atoms with van der Waals surface area (Å²) >= 11 is 0. The Morgan fingerprint density at radius 1 is 1.14 bits per heavy atom. The number of fused-ring (bicyclic) bond motifs is 1. The third-order valence-electron chi connectivity index (χ3n) is 1.58. The molecule has 0 aromatic carbocycles. The van der Waals surface area contributed by atoms with Crippen LogP contribution in [-0.4, -0.2) is 0 Å². The fraction of sp³-hybridized carbons (Fsp3) is 0.167. The van der Waals surface area contributed by atoms with E-state index in [9.17, 15) is 4.79 Å². The van der Waals surface area contributed by atoms with E-state index in [0.717, 1.165) is 5.22 Å². The smallest absolute Gasteiger partial charge is 0.336 e. The maximum atomic E-state index is 10.8. The second kappa shape index (κ2) is 5.05. The predicted molar refractivity (Wildman–Crippen MR) is 57.2 cm³/mol. The molecular formula is C12H12O2. The average Bonchev–Trinajstić information content (AvgIpc) is 2.45. The molecule has 1 heterocycles. The van der Waals surface area contributed by atoms with Crippen LogP contribution in [0.4, 0.5) is 0 Å². The van der Waals surface area contributed by atoms with Crippen molar-refractivity contribution in [3.63, 3.8) is 0 Å². The first-order valence-electron chi connectivity index (χ1n) is 4.59. The number of hydrogen-bond donors (Lipinski definition) is 0. The molecule has 0 aliphatic heterocycles. The summed E-state index contributed by atoms with van der Waals surface area (Å²) in [7, 11) is 0. The van der Waals surface area contributed by atoms with Gasteiger partial charge in [-0.15, -0.1) is 5.73 Å². The highest BCUT2D eigenvalue weighted by Crippen LogP contribution is 1.76. The fourth-order valence-electron chi connectivity index (χ4n) is 1.03. The van der Waals surface area contributed by atoms with Crippen LogP contribution in [0.5, 0.6) is 0 Å². The van der Waals surface area contributed by atoms with Crippen molar-refractivity contribution in [3.05, 3.63) is 51.1 Å². The van der Waals surface area contributed by atoms with Gasteiger partial charge in [0.05, 0.1) is 0 Å². The highest BCUT2D eigenvalue weighted by Gasteiger charge is 1.88. The summed E-state index contributed by atoms with van der Waals surface area (Å²) in [5.74, 6) is 0. The van der Waals surface area contributed by atoms with E-state index in [0.29, 0.717) is 5.42 Å². The van der Waals surface area contributed by atoms with Crippen molar-refractivity contribution in [2.75, 3.05) is 0 Å². The molecule has 0 fully saturated rings. The minimum Gasteiger partial charge on any atom is -0.423 e. The van der Waals surface area contributed by atoms with Gasteiger partial charge in [-0.1, -0.05) is 13.8 Å². The molecule has 1 aliphatic carbocycles. The lowest BCUT2D eigenvalue weighted by molar-refractivity contribution is 0.474. The monoisotopic (exact) mass is 188 g/mol. The highest BCUT2D eigenvalue weighted by atomic mass is 16.4. The van der Waals surface area contributed by atoms with Crippen LogP contribution in [0, 0.1) is 0 Å². The Morgan fingerprint density at radius 2 is 1.86 bits per heavy atom. The quantitative estimate of drug-likeness (QED) is 0.567. The molecule has 2 heteroatoms. The molecule has 1 aliphatic rings. The number of hydrogen-bond acceptors (Lipinski definition) is 2. The minimum atomic E-state index is -0.325. The third-order valence-corrected chi connectivity index (χ3v) is 1.58. The molecule has 14 heavy (non-hydrogen) atoms. The molecule has 0 unspecified atom stereocenters. The molecule has 1 aromatic heterocycles. The van der Waals surface area contributed by atoms with Gasteiger partial charge in [0.2, 0.25) is 0 Å². The van der Waals surface area contributed by atoms with Gasteiger partial charge in [-0.3, -0.25) is 0 Å². The summed E-state index contributed by atoms with van der Waals surface area (Å²) in [5, 5.41) is 0.899. The van der Waals surface area contributed by atoms with Crippen molar-refractivity contribution in [1.82, 2.24) is 0 Å². The van der Waals surface area contributed by atoms with Gasteiger partial charge < -0.3 is 4.42 Å². The Labute approximate surface area is 82.2 Å². The van der Waals surface area contributed by atoms with Gasteiger partial charge in [0.1, 0.15) is 5.42 Å². The zero-order valence-corrected chi connectivity index (χ0v) is 8.28. The van der Waals surface area contributed by atoms with Gasteiger partial charge in [0.25, 0.3) is 0 Å². The Hall–Kier alpha value is -1.79. The zero-order chi connectivity index (χ0) is 10.4. The number of rotatable bonds is 0. The van der Waals surface area contributed by atoms with E-state index in [2.05, 4.69) is 5.73 Å². The Kier molecular flexibility index (Phi) is 3.71. The van der Waals surface area contributed by atoms with Crippen LogP contribution in [-0.2, 0) is 0 Å². The second-order valence-corrected chi connectivity index (χ2v) is 2.41. The van der Waals surface area contributed by atoms with Crippen molar-refractivity contribution >= 4 is 12.2 Å². The number of allylic oxidation sites excluding steroid dienone is 1. The van der Waals surface area contributed by atoms with E-state index in [1.165, 1.54) is 6.07 Å². The first-order valence-corrected chi connectivity index (χ1v) is 4.59. The molecule has 2 rings (SSSR count). The topological polar surface area (TPSA) is 30.2 Å². The molecule has 0 spiro atoms. The minimum absolute atomic E-state index is 0.325. The maximum absolute atomic E-state index is 10.8. The van der Waals surface area contributed by atoms with Gasteiger partial charge in [-0.2, -0.15) is 0 Å². The standard InChI is InChI=1S/C10H6O2.C2H6/c11-10-7-6-8-4-2-1-3-5-9(8)12-10;1-2/h2-7H;1-2H3. The summed E-state index contributed by atoms with van der Waals surface area (Å²) < 4.78 is 4.95. The summed E-state index contributed by atoms with van der Waals surface area (Å²) in [4.78, 5) is 10.8. The maximum Gasteiger partial charge on any atom is 0.336 e. The Morgan fingerprint density at radius 3 is 2.64 bits per heavy atom. The molecule has 0 bridgehead atoms. The lowest BCUT2D eigenvalue weighted by Crippen LogP contribution is -2.27. The van der Waals surface area contributed by atoms with Gasteiger partial charge in [0, 0.05) is 11.3 Å². The molecule has 0 atom stereocenters.